The van der Waals surface area contributed by atoms with Gasteiger partial charge in [-0.3, -0.25) is 0 Å². The number of aliphatic imine (C=N–C) groups is 1. The van der Waals surface area contributed by atoms with Crippen LogP contribution >= 0.6 is 11.6 Å². The third-order valence-corrected chi connectivity index (χ3v) is 10.4. The summed E-state index contributed by atoms with van der Waals surface area (Å²) in [6.45, 7) is 12.7. The number of fused-ring (bicyclic) bond motifs is 1. The maximum absolute atomic E-state index is 15.3. The van der Waals surface area contributed by atoms with E-state index in [-0.39, 0.29) is 17.8 Å². The summed E-state index contributed by atoms with van der Waals surface area (Å²) in [7, 11) is 3.35. The number of aryl methyl sites for hydroxylation is 1. The van der Waals surface area contributed by atoms with Crippen molar-refractivity contribution in [3.63, 3.8) is 0 Å². The van der Waals surface area contributed by atoms with Crippen molar-refractivity contribution < 1.29 is 13.9 Å². The van der Waals surface area contributed by atoms with E-state index in [9.17, 15) is 0 Å². The van der Waals surface area contributed by atoms with E-state index >= 15 is 4.39 Å². The average molecular weight is 748 g/mol. The second-order valence-corrected chi connectivity index (χ2v) is 14.6. The highest BCUT2D eigenvalue weighted by atomic mass is 35.5. The minimum Gasteiger partial charge on any atom is -0.497 e. The number of halogens is 2. The van der Waals surface area contributed by atoms with Gasteiger partial charge in [0.25, 0.3) is 0 Å². The number of hydrogen-bond donors (Lipinski definition) is 1. The van der Waals surface area contributed by atoms with E-state index < -0.39 is 0 Å². The van der Waals surface area contributed by atoms with Gasteiger partial charge in [0.2, 0.25) is 0 Å². The van der Waals surface area contributed by atoms with Crippen molar-refractivity contribution in [2.24, 2.45) is 4.99 Å². The van der Waals surface area contributed by atoms with E-state index in [0.29, 0.717) is 41.9 Å². The monoisotopic (exact) mass is 747 g/mol. The van der Waals surface area contributed by atoms with Crippen LogP contribution < -0.4 is 24.6 Å². The average Bonchev–Trinajstić information content (AvgIpc) is 3.18. The van der Waals surface area contributed by atoms with Crippen LogP contribution in [0.3, 0.4) is 0 Å². The predicted octanol–water partition coefficient (Wildman–Crippen LogP) is 8.74. The summed E-state index contributed by atoms with van der Waals surface area (Å²) in [6.07, 6.45) is 0. The number of hydrogen-bond acceptors (Lipinski definition) is 9. The second kappa shape index (κ2) is 16.0. The van der Waals surface area contributed by atoms with Gasteiger partial charge in [-0.05, 0) is 85.0 Å². The standard InChI is InChI=1S/C43H47ClFN7O2/c1-27(2)39-41(28(3)21-38(48-39)50(24-30-11-15-32(53-5)16-12-30)25-31-13-17-33(54-6)18-14-31)52-26-47-42(51-20-19-46-23-29(51)4)35-22-36(44)40(49-43(35)52)34-9-7-8-10-37(34)45/h7-18,21-22,27,29,46H,19-20,23-26H2,1-6H3/t29-/m0/s1. The Hall–Kier alpha value is -5.19. The largest absolute Gasteiger partial charge is 0.497 e. The Bertz CT molecular complexity index is 2090. The lowest BCUT2D eigenvalue weighted by Gasteiger charge is -2.40. The molecule has 0 radical (unpaired) electrons. The Morgan fingerprint density at radius 2 is 1.56 bits per heavy atom. The normalized spacial score (nSPS) is 15.6. The fourth-order valence-electron chi connectivity index (χ4n) is 7.27. The zero-order valence-electron chi connectivity index (χ0n) is 31.7. The van der Waals surface area contributed by atoms with Crippen LogP contribution in [0.15, 0.2) is 89.9 Å². The van der Waals surface area contributed by atoms with Gasteiger partial charge in [-0.1, -0.05) is 61.8 Å². The highest BCUT2D eigenvalue weighted by Crippen LogP contribution is 2.42. The second-order valence-electron chi connectivity index (χ2n) is 14.2. The molecule has 2 aliphatic heterocycles. The van der Waals surface area contributed by atoms with Crippen LogP contribution in [0.1, 0.15) is 54.6 Å². The molecule has 0 bridgehead atoms. The molecule has 3 aromatic carbocycles. The van der Waals surface area contributed by atoms with Crippen molar-refractivity contribution in [3.8, 4) is 22.8 Å². The van der Waals surface area contributed by atoms with Crippen molar-refractivity contribution in [1.82, 2.24) is 20.2 Å². The van der Waals surface area contributed by atoms with Crippen LogP contribution in [0.2, 0.25) is 5.02 Å². The Morgan fingerprint density at radius 3 is 2.15 bits per heavy atom. The molecule has 0 spiro atoms. The maximum atomic E-state index is 15.3. The molecule has 280 valence electrons. The topological polar surface area (TPSA) is 78.4 Å². The lowest BCUT2D eigenvalue weighted by molar-refractivity contribution is 0.273. The van der Waals surface area contributed by atoms with Crippen molar-refractivity contribution in [2.75, 3.05) is 50.3 Å². The van der Waals surface area contributed by atoms with E-state index in [4.69, 9.17) is 36.0 Å². The number of amidine groups is 1. The van der Waals surface area contributed by atoms with E-state index in [2.05, 4.69) is 78.0 Å². The fraction of sp³-hybridized carbons (Fsp3) is 0.326. The first kappa shape index (κ1) is 37.1. The number of piperazine rings is 1. The summed E-state index contributed by atoms with van der Waals surface area (Å²) < 4.78 is 26.2. The zero-order chi connectivity index (χ0) is 37.9. The fourth-order valence-corrected chi connectivity index (χ4v) is 7.52. The summed E-state index contributed by atoms with van der Waals surface area (Å²) in [4.78, 5) is 22.6. The molecule has 1 saturated heterocycles. The first-order chi connectivity index (χ1) is 26.1. The first-order valence-corrected chi connectivity index (χ1v) is 18.8. The molecule has 1 fully saturated rings. The molecule has 0 saturated carbocycles. The molecule has 0 amide bonds. The maximum Gasteiger partial charge on any atom is 0.146 e. The number of rotatable bonds is 10. The molecule has 11 heteroatoms. The molecule has 54 heavy (non-hydrogen) atoms. The van der Waals surface area contributed by atoms with E-state index in [1.807, 2.05) is 30.3 Å². The quantitative estimate of drug-likeness (QED) is 0.152. The number of methoxy groups -OCH3 is 2. The van der Waals surface area contributed by atoms with Crippen LogP contribution in [0.25, 0.3) is 11.3 Å². The summed E-state index contributed by atoms with van der Waals surface area (Å²) in [5.41, 5.74) is 6.72. The number of aromatic nitrogens is 2. The summed E-state index contributed by atoms with van der Waals surface area (Å²) >= 11 is 6.97. The molecule has 0 unspecified atom stereocenters. The number of anilines is 3. The molecular weight excluding hydrogens is 701 g/mol. The van der Waals surface area contributed by atoms with Gasteiger partial charge in [-0.15, -0.1) is 0 Å². The zero-order valence-corrected chi connectivity index (χ0v) is 32.5. The van der Waals surface area contributed by atoms with Gasteiger partial charge in [0.15, 0.2) is 0 Å². The molecule has 5 aromatic rings. The van der Waals surface area contributed by atoms with Crippen LogP contribution in [0, 0.1) is 12.7 Å². The van der Waals surface area contributed by atoms with Gasteiger partial charge in [0, 0.05) is 44.3 Å². The molecule has 2 aliphatic rings. The Labute approximate surface area is 322 Å². The lowest BCUT2D eigenvalue weighted by atomic mass is 10.0. The van der Waals surface area contributed by atoms with E-state index in [0.717, 1.165) is 76.4 Å². The molecule has 9 nitrogen and oxygen atoms in total. The molecular formula is C43H47ClFN7O2. The third kappa shape index (κ3) is 7.58. The Kier molecular flexibility index (Phi) is 11.0. The Morgan fingerprint density at radius 1 is 0.907 bits per heavy atom. The number of ether oxygens (including phenoxy) is 2. The van der Waals surface area contributed by atoms with Crippen LogP contribution in [0.5, 0.6) is 11.5 Å². The van der Waals surface area contributed by atoms with Crippen LogP contribution in [0.4, 0.5) is 21.7 Å². The molecule has 1 N–H and O–H groups in total. The van der Waals surface area contributed by atoms with Crippen molar-refractivity contribution in [1.29, 1.82) is 0 Å². The van der Waals surface area contributed by atoms with Crippen molar-refractivity contribution in [2.45, 2.75) is 52.7 Å². The van der Waals surface area contributed by atoms with E-state index in [1.165, 1.54) is 6.07 Å². The third-order valence-electron chi connectivity index (χ3n) is 10.1. The SMILES string of the molecule is COc1ccc(CN(Cc2ccc(OC)cc2)c2cc(C)c(N3CN=C(N4CCNC[C@@H]4C)c4cc(Cl)c(-c5ccccc5F)nc43)c(C(C)C)n2)cc1. The van der Waals surface area contributed by atoms with Gasteiger partial charge in [0.05, 0.1) is 41.9 Å². The molecule has 0 aliphatic carbocycles. The van der Waals surface area contributed by atoms with Crippen LogP contribution in [-0.2, 0) is 13.1 Å². The summed E-state index contributed by atoms with van der Waals surface area (Å²) in [6, 6.07) is 27.2. The lowest BCUT2D eigenvalue weighted by Crippen LogP contribution is -2.53. The predicted molar refractivity (Wildman–Crippen MR) is 216 cm³/mol. The van der Waals surface area contributed by atoms with E-state index in [1.54, 1.807) is 32.4 Å². The van der Waals surface area contributed by atoms with Gasteiger partial charge < -0.3 is 29.5 Å². The molecule has 7 rings (SSSR count). The highest BCUT2D eigenvalue weighted by Gasteiger charge is 2.34. The van der Waals surface area contributed by atoms with Gasteiger partial charge >= 0.3 is 0 Å². The Balaban J connectivity index is 1.35. The summed E-state index contributed by atoms with van der Waals surface area (Å²) in [5, 5.41) is 3.85. The first-order valence-electron chi connectivity index (χ1n) is 18.4. The molecule has 4 heterocycles. The minimum atomic E-state index is -0.377. The number of nitrogens with zero attached hydrogens (tertiary/aromatic N) is 6. The molecule has 2 aromatic heterocycles. The van der Waals surface area contributed by atoms with Gasteiger partial charge in [-0.25, -0.2) is 19.4 Å². The van der Waals surface area contributed by atoms with Crippen molar-refractivity contribution >= 4 is 34.8 Å². The van der Waals surface area contributed by atoms with Crippen LogP contribution in [-0.4, -0.2) is 67.3 Å². The number of nitrogens with one attached hydrogen (secondary N) is 1. The number of benzene rings is 3. The smallest absolute Gasteiger partial charge is 0.146 e. The van der Waals surface area contributed by atoms with Crippen molar-refractivity contribution in [3.05, 3.63) is 124 Å². The van der Waals surface area contributed by atoms with Gasteiger partial charge in [-0.2, -0.15) is 0 Å². The number of pyridine rings is 2. The molecule has 1 atom stereocenters. The highest BCUT2D eigenvalue weighted by molar-refractivity contribution is 6.33. The summed E-state index contributed by atoms with van der Waals surface area (Å²) in [5.74, 6) is 3.70. The minimum absolute atomic E-state index is 0.0582. The van der Waals surface area contributed by atoms with Gasteiger partial charge in [0.1, 0.15) is 41.5 Å².